The first-order chi connectivity index (χ1) is 9.25. The van der Waals surface area contributed by atoms with Gasteiger partial charge in [0.05, 0.1) is 12.1 Å². The number of pyridine rings is 1. The third-order valence-corrected chi connectivity index (χ3v) is 3.67. The predicted octanol–water partition coefficient (Wildman–Crippen LogP) is 2.14. The average Bonchev–Trinajstić information content (AvgIpc) is 2.42. The maximum atomic E-state index is 10.3. The van der Waals surface area contributed by atoms with E-state index >= 15 is 0 Å². The van der Waals surface area contributed by atoms with Crippen LogP contribution in [0.1, 0.15) is 5.56 Å². The van der Waals surface area contributed by atoms with Gasteiger partial charge in [-0.25, -0.2) is 0 Å². The Hall–Kier alpha value is -1.59. The fourth-order valence-electron chi connectivity index (χ4n) is 1.73. The van der Waals surface area contributed by atoms with Gasteiger partial charge in [0, 0.05) is 29.6 Å². The number of aliphatic carboxylic acids is 1. The van der Waals surface area contributed by atoms with Crippen molar-refractivity contribution in [1.29, 1.82) is 0 Å². The standard InChI is InChI=1S/C14H16N2O2S/c17-14(18)9-15-6-7-19-10-11-3-4-12-2-1-5-16-13(12)8-11/h1-5,8,15H,6-7,9-10H2,(H,17,18). The molecule has 0 atom stereocenters. The Balaban J connectivity index is 1.77. The molecule has 2 aromatic rings. The third kappa shape index (κ3) is 4.54. The summed E-state index contributed by atoms with van der Waals surface area (Å²) in [7, 11) is 0. The normalized spacial score (nSPS) is 10.7. The van der Waals surface area contributed by atoms with Gasteiger partial charge in [-0.2, -0.15) is 11.8 Å². The highest BCUT2D eigenvalue weighted by Gasteiger charge is 1.98. The zero-order valence-corrected chi connectivity index (χ0v) is 11.3. The van der Waals surface area contributed by atoms with Crippen LogP contribution < -0.4 is 5.32 Å². The lowest BCUT2D eigenvalue weighted by Gasteiger charge is -2.04. The van der Waals surface area contributed by atoms with Crippen LogP contribution in [0.4, 0.5) is 0 Å². The van der Waals surface area contributed by atoms with Gasteiger partial charge >= 0.3 is 5.97 Å². The van der Waals surface area contributed by atoms with E-state index in [2.05, 4.69) is 34.6 Å². The molecule has 1 aromatic carbocycles. The number of aromatic nitrogens is 1. The van der Waals surface area contributed by atoms with Crippen LogP contribution in [0.2, 0.25) is 0 Å². The van der Waals surface area contributed by atoms with E-state index in [1.807, 2.05) is 6.07 Å². The van der Waals surface area contributed by atoms with E-state index in [9.17, 15) is 4.79 Å². The van der Waals surface area contributed by atoms with E-state index in [1.54, 1.807) is 18.0 Å². The van der Waals surface area contributed by atoms with Crippen molar-refractivity contribution < 1.29 is 9.90 Å². The Morgan fingerprint density at radius 2 is 2.26 bits per heavy atom. The number of carboxylic acid groups (broad SMARTS) is 1. The smallest absolute Gasteiger partial charge is 0.317 e. The molecule has 1 heterocycles. The summed E-state index contributed by atoms with van der Waals surface area (Å²) in [6, 6.07) is 10.3. The molecule has 2 rings (SSSR count). The lowest BCUT2D eigenvalue weighted by atomic mass is 10.1. The predicted molar refractivity (Wildman–Crippen MR) is 78.4 cm³/mol. The van der Waals surface area contributed by atoms with Crippen molar-refractivity contribution >= 4 is 28.6 Å². The van der Waals surface area contributed by atoms with Crippen LogP contribution in [0.5, 0.6) is 0 Å². The number of nitrogens with zero attached hydrogens (tertiary/aromatic N) is 1. The molecule has 0 bridgehead atoms. The highest BCUT2D eigenvalue weighted by Crippen LogP contribution is 2.17. The summed E-state index contributed by atoms with van der Waals surface area (Å²) in [5, 5.41) is 12.5. The first kappa shape index (κ1) is 13.8. The van der Waals surface area contributed by atoms with E-state index in [-0.39, 0.29) is 6.54 Å². The Labute approximate surface area is 116 Å². The summed E-state index contributed by atoms with van der Waals surface area (Å²) < 4.78 is 0. The summed E-state index contributed by atoms with van der Waals surface area (Å²) in [4.78, 5) is 14.6. The van der Waals surface area contributed by atoms with Crippen LogP contribution in [0.15, 0.2) is 36.5 Å². The van der Waals surface area contributed by atoms with E-state index in [4.69, 9.17) is 5.11 Å². The molecule has 4 nitrogen and oxygen atoms in total. The molecule has 0 aliphatic carbocycles. The Kier molecular flexibility index (Phi) is 5.18. The number of carbonyl (C=O) groups is 1. The fraction of sp³-hybridized carbons (Fsp3) is 0.286. The summed E-state index contributed by atoms with van der Waals surface area (Å²) >= 11 is 1.78. The van der Waals surface area contributed by atoms with Crippen molar-refractivity contribution in [2.24, 2.45) is 0 Å². The molecule has 0 saturated heterocycles. The van der Waals surface area contributed by atoms with Crippen LogP contribution >= 0.6 is 11.8 Å². The molecule has 0 aliphatic heterocycles. The highest BCUT2D eigenvalue weighted by atomic mass is 32.2. The second kappa shape index (κ2) is 7.11. The zero-order valence-electron chi connectivity index (χ0n) is 10.5. The first-order valence-electron chi connectivity index (χ1n) is 6.09. The molecular weight excluding hydrogens is 260 g/mol. The molecule has 0 spiro atoms. The molecule has 5 heteroatoms. The average molecular weight is 276 g/mol. The number of nitrogens with one attached hydrogen (secondary N) is 1. The molecule has 0 saturated carbocycles. The van der Waals surface area contributed by atoms with Gasteiger partial charge in [0.25, 0.3) is 0 Å². The Bertz CT molecular complexity index is 560. The van der Waals surface area contributed by atoms with Gasteiger partial charge in [-0.3, -0.25) is 9.78 Å². The van der Waals surface area contributed by atoms with Crippen molar-refractivity contribution in [2.75, 3.05) is 18.8 Å². The molecule has 0 unspecified atom stereocenters. The second-order valence-corrected chi connectivity index (χ2v) is 5.26. The summed E-state index contributed by atoms with van der Waals surface area (Å²) in [5.41, 5.74) is 2.26. The molecule has 100 valence electrons. The van der Waals surface area contributed by atoms with Crippen LogP contribution in [0.3, 0.4) is 0 Å². The largest absolute Gasteiger partial charge is 0.480 e. The lowest BCUT2D eigenvalue weighted by Crippen LogP contribution is -2.24. The van der Waals surface area contributed by atoms with Gasteiger partial charge in [0.1, 0.15) is 0 Å². The van der Waals surface area contributed by atoms with Gasteiger partial charge < -0.3 is 10.4 Å². The van der Waals surface area contributed by atoms with Crippen molar-refractivity contribution in [3.05, 3.63) is 42.1 Å². The van der Waals surface area contributed by atoms with Gasteiger partial charge in [-0.05, 0) is 17.7 Å². The van der Waals surface area contributed by atoms with Crippen molar-refractivity contribution in [3.8, 4) is 0 Å². The fourth-order valence-corrected chi connectivity index (χ4v) is 2.58. The van der Waals surface area contributed by atoms with E-state index in [0.717, 1.165) is 22.4 Å². The van der Waals surface area contributed by atoms with Crippen molar-refractivity contribution in [2.45, 2.75) is 5.75 Å². The molecule has 0 fully saturated rings. The summed E-state index contributed by atoms with van der Waals surface area (Å²) in [6.45, 7) is 0.739. The number of hydrogen-bond donors (Lipinski definition) is 2. The monoisotopic (exact) mass is 276 g/mol. The molecule has 19 heavy (non-hydrogen) atoms. The summed E-state index contributed by atoms with van der Waals surface area (Å²) in [6.07, 6.45) is 1.80. The SMILES string of the molecule is O=C(O)CNCCSCc1ccc2cccnc2c1. The van der Waals surface area contributed by atoms with Gasteiger partial charge in [-0.1, -0.05) is 18.2 Å². The lowest BCUT2D eigenvalue weighted by molar-refractivity contribution is -0.135. The number of rotatable bonds is 7. The maximum Gasteiger partial charge on any atom is 0.317 e. The van der Waals surface area contributed by atoms with Crippen molar-refractivity contribution in [3.63, 3.8) is 0 Å². The number of thioether (sulfide) groups is 1. The first-order valence-corrected chi connectivity index (χ1v) is 7.25. The Morgan fingerprint density at radius 3 is 3.11 bits per heavy atom. The Morgan fingerprint density at radius 1 is 1.37 bits per heavy atom. The minimum absolute atomic E-state index is 0.0282. The van der Waals surface area contributed by atoms with Crippen LogP contribution in [0.25, 0.3) is 10.9 Å². The van der Waals surface area contributed by atoms with Gasteiger partial charge in [-0.15, -0.1) is 0 Å². The highest BCUT2D eigenvalue weighted by molar-refractivity contribution is 7.98. The molecule has 2 N–H and O–H groups in total. The quantitative estimate of drug-likeness (QED) is 0.759. The molecular formula is C14H16N2O2S. The minimum atomic E-state index is -0.814. The zero-order chi connectivity index (χ0) is 13.5. The second-order valence-electron chi connectivity index (χ2n) is 4.15. The topological polar surface area (TPSA) is 62.2 Å². The van der Waals surface area contributed by atoms with E-state index < -0.39 is 5.97 Å². The van der Waals surface area contributed by atoms with E-state index in [0.29, 0.717) is 6.54 Å². The molecule has 0 radical (unpaired) electrons. The van der Waals surface area contributed by atoms with Crippen LogP contribution in [-0.2, 0) is 10.5 Å². The minimum Gasteiger partial charge on any atom is -0.480 e. The number of hydrogen-bond acceptors (Lipinski definition) is 4. The number of benzene rings is 1. The molecule has 1 aromatic heterocycles. The van der Waals surface area contributed by atoms with Gasteiger partial charge in [0.15, 0.2) is 0 Å². The maximum absolute atomic E-state index is 10.3. The van der Waals surface area contributed by atoms with E-state index in [1.165, 1.54) is 5.56 Å². The number of fused-ring (bicyclic) bond motifs is 1. The van der Waals surface area contributed by atoms with Crippen LogP contribution in [0, 0.1) is 0 Å². The van der Waals surface area contributed by atoms with Crippen LogP contribution in [-0.4, -0.2) is 34.9 Å². The molecule has 0 aliphatic rings. The third-order valence-electron chi connectivity index (χ3n) is 2.64. The summed E-state index contributed by atoms with van der Waals surface area (Å²) in [5.74, 6) is 1.00. The number of carboxylic acids is 1. The molecule has 0 amide bonds. The van der Waals surface area contributed by atoms with Crippen molar-refractivity contribution in [1.82, 2.24) is 10.3 Å². The van der Waals surface area contributed by atoms with Gasteiger partial charge in [0.2, 0.25) is 0 Å².